The van der Waals surface area contributed by atoms with Crippen molar-refractivity contribution in [1.82, 2.24) is 24.6 Å². The first-order chi connectivity index (χ1) is 13.2. The molecule has 3 heterocycles. The Hall–Kier alpha value is -3.67. The Labute approximate surface area is 157 Å². The lowest BCUT2D eigenvalue weighted by Gasteiger charge is -2.11. The van der Waals surface area contributed by atoms with E-state index >= 15 is 0 Å². The van der Waals surface area contributed by atoms with Gasteiger partial charge >= 0.3 is 0 Å². The van der Waals surface area contributed by atoms with E-state index in [2.05, 4.69) is 15.4 Å². The molecule has 0 unspecified atom stereocenters. The van der Waals surface area contributed by atoms with Gasteiger partial charge in [0.15, 0.2) is 5.82 Å². The van der Waals surface area contributed by atoms with Crippen molar-refractivity contribution in [3.05, 3.63) is 96.2 Å². The van der Waals surface area contributed by atoms with Gasteiger partial charge in [-0.15, -0.1) is 0 Å². The summed E-state index contributed by atoms with van der Waals surface area (Å²) in [6, 6.07) is 17.5. The van der Waals surface area contributed by atoms with Crippen LogP contribution in [0.3, 0.4) is 0 Å². The third kappa shape index (κ3) is 3.50. The summed E-state index contributed by atoms with van der Waals surface area (Å²) in [5, 5.41) is 7.39. The first kappa shape index (κ1) is 16.8. The highest BCUT2D eigenvalue weighted by Gasteiger charge is 2.19. The number of pyridine rings is 1. The molecule has 27 heavy (non-hydrogen) atoms. The van der Waals surface area contributed by atoms with Gasteiger partial charge in [-0.1, -0.05) is 23.8 Å². The summed E-state index contributed by atoms with van der Waals surface area (Å²) in [6.07, 6.45) is 7.11. The van der Waals surface area contributed by atoms with E-state index in [9.17, 15) is 4.79 Å². The Morgan fingerprint density at radius 3 is 2.52 bits per heavy atom. The van der Waals surface area contributed by atoms with Gasteiger partial charge < -0.3 is 9.88 Å². The summed E-state index contributed by atoms with van der Waals surface area (Å²) in [4.78, 5) is 17.1. The van der Waals surface area contributed by atoms with Gasteiger partial charge in [0.25, 0.3) is 5.91 Å². The second-order valence-electron chi connectivity index (χ2n) is 6.22. The van der Waals surface area contributed by atoms with E-state index in [-0.39, 0.29) is 5.91 Å². The number of nitrogens with one attached hydrogen (secondary N) is 1. The molecule has 0 aliphatic rings. The van der Waals surface area contributed by atoms with Crippen LogP contribution < -0.4 is 5.32 Å². The van der Waals surface area contributed by atoms with Crippen LogP contribution in [0.15, 0.2) is 79.4 Å². The SMILES string of the molecule is Cc1ccc(-n2ncc(C(=O)NCc3ccccn3)c2-n2cccc2)cc1. The summed E-state index contributed by atoms with van der Waals surface area (Å²) in [5.74, 6) is 0.505. The van der Waals surface area contributed by atoms with Gasteiger partial charge in [0.1, 0.15) is 5.56 Å². The fraction of sp³-hybridized carbons (Fsp3) is 0.0952. The highest BCUT2D eigenvalue weighted by Crippen LogP contribution is 2.20. The smallest absolute Gasteiger partial charge is 0.257 e. The van der Waals surface area contributed by atoms with E-state index in [0.717, 1.165) is 11.4 Å². The molecule has 1 aromatic carbocycles. The molecule has 1 N–H and O–H groups in total. The number of carbonyl (C=O) groups excluding carboxylic acids is 1. The van der Waals surface area contributed by atoms with Gasteiger partial charge in [0, 0.05) is 18.6 Å². The number of aryl methyl sites for hydroxylation is 1. The molecule has 0 radical (unpaired) electrons. The maximum atomic E-state index is 12.8. The van der Waals surface area contributed by atoms with E-state index in [0.29, 0.717) is 17.9 Å². The first-order valence-corrected chi connectivity index (χ1v) is 8.69. The van der Waals surface area contributed by atoms with Crippen molar-refractivity contribution in [2.75, 3.05) is 0 Å². The normalized spacial score (nSPS) is 10.7. The van der Waals surface area contributed by atoms with Crippen LogP contribution in [0.4, 0.5) is 0 Å². The second-order valence-corrected chi connectivity index (χ2v) is 6.22. The lowest BCUT2D eigenvalue weighted by atomic mass is 10.2. The lowest BCUT2D eigenvalue weighted by molar-refractivity contribution is 0.0950. The Balaban J connectivity index is 1.68. The molecule has 0 atom stereocenters. The monoisotopic (exact) mass is 357 g/mol. The van der Waals surface area contributed by atoms with E-state index in [1.807, 2.05) is 78.5 Å². The molecule has 134 valence electrons. The molecule has 3 aromatic heterocycles. The van der Waals surface area contributed by atoms with Gasteiger partial charge in [0.05, 0.1) is 24.1 Å². The molecule has 0 aliphatic heterocycles. The maximum Gasteiger partial charge on any atom is 0.257 e. The molecule has 1 amide bonds. The van der Waals surface area contributed by atoms with E-state index < -0.39 is 0 Å². The highest BCUT2D eigenvalue weighted by molar-refractivity contribution is 5.97. The highest BCUT2D eigenvalue weighted by atomic mass is 16.1. The number of nitrogens with zero attached hydrogens (tertiary/aromatic N) is 4. The molecule has 4 aromatic rings. The molecule has 0 saturated carbocycles. The van der Waals surface area contributed by atoms with Crippen molar-refractivity contribution in [3.63, 3.8) is 0 Å². The third-order valence-corrected chi connectivity index (χ3v) is 4.27. The van der Waals surface area contributed by atoms with Crippen LogP contribution in [-0.2, 0) is 6.54 Å². The number of benzene rings is 1. The number of hydrogen-bond donors (Lipinski definition) is 1. The van der Waals surface area contributed by atoms with Crippen molar-refractivity contribution in [2.45, 2.75) is 13.5 Å². The predicted octanol–water partition coefficient (Wildman–Crippen LogP) is 3.30. The van der Waals surface area contributed by atoms with Crippen LogP contribution in [0.25, 0.3) is 11.5 Å². The van der Waals surface area contributed by atoms with E-state index in [1.165, 1.54) is 5.56 Å². The van der Waals surface area contributed by atoms with Gasteiger partial charge in [-0.2, -0.15) is 5.10 Å². The minimum Gasteiger partial charge on any atom is -0.346 e. The predicted molar refractivity (Wildman–Crippen MR) is 103 cm³/mol. The zero-order valence-corrected chi connectivity index (χ0v) is 14.9. The van der Waals surface area contributed by atoms with Crippen LogP contribution in [0.2, 0.25) is 0 Å². The Kier molecular flexibility index (Phi) is 4.53. The number of hydrogen-bond acceptors (Lipinski definition) is 3. The number of rotatable bonds is 5. The fourth-order valence-electron chi connectivity index (χ4n) is 2.87. The first-order valence-electron chi connectivity index (χ1n) is 8.69. The van der Waals surface area contributed by atoms with Crippen LogP contribution in [-0.4, -0.2) is 25.2 Å². The van der Waals surface area contributed by atoms with Crippen LogP contribution >= 0.6 is 0 Å². The van der Waals surface area contributed by atoms with Gasteiger partial charge in [-0.3, -0.25) is 9.78 Å². The summed E-state index contributed by atoms with van der Waals surface area (Å²) in [6.45, 7) is 2.40. The second kappa shape index (κ2) is 7.29. The number of carbonyl (C=O) groups is 1. The fourth-order valence-corrected chi connectivity index (χ4v) is 2.87. The molecular weight excluding hydrogens is 338 g/mol. The van der Waals surface area contributed by atoms with Crippen LogP contribution in [0.5, 0.6) is 0 Å². The number of aromatic nitrogens is 4. The largest absolute Gasteiger partial charge is 0.346 e. The molecule has 0 saturated heterocycles. The van der Waals surface area contributed by atoms with Gasteiger partial charge in [-0.25, -0.2) is 4.68 Å². The van der Waals surface area contributed by atoms with Crippen molar-refractivity contribution in [3.8, 4) is 11.5 Å². The quantitative estimate of drug-likeness (QED) is 0.596. The standard InChI is InChI=1S/C21H19N5O/c1-16-7-9-18(10-8-16)26-21(25-12-4-5-13-25)19(15-24-26)20(27)23-14-17-6-2-3-11-22-17/h2-13,15H,14H2,1H3,(H,23,27). The zero-order chi connectivity index (χ0) is 18.6. The van der Waals surface area contributed by atoms with Gasteiger partial charge in [0.2, 0.25) is 0 Å². The van der Waals surface area contributed by atoms with E-state index in [4.69, 9.17) is 0 Å². The minimum absolute atomic E-state index is 0.192. The summed E-state index contributed by atoms with van der Waals surface area (Å²) in [7, 11) is 0. The van der Waals surface area contributed by atoms with Gasteiger partial charge in [-0.05, 0) is 43.3 Å². The Bertz CT molecular complexity index is 1030. The average Bonchev–Trinajstić information content (AvgIpc) is 3.37. The van der Waals surface area contributed by atoms with Crippen molar-refractivity contribution in [1.29, 1.82) is 0 Å². The Morgan fingerprint density at radius 2 is 1.81 bits per heavy atom. The summed E-state index contributed by atoms with van der Waals surface area (Å²) < 4.78 is 3.66. The Morgan fingerprint density at radius 1 is 1.04 bits per heavy atom. The lowest BCUT2D eigenvalue weighted by Crippen LogP contribution is -2.24. The van der Waals surface area contributed by atoms with Crippen molar-refractivity contribution in [2.24, 2.45) is 0 Å². The summed E-state index contributed by atoms with van der Waals surface area (Å²) >= 11 is 0. The molecule has 6 heteroatoms. The zero-order valence-electron chi connectivity index (χ0n) is 14.9. The molecule has 0 spiro atoms. The molecule has 0 bridgehead atoms. The molecule has 4 rings (SSSR count). The minimum atomic E-state index is -0.192. The van der Waals surface area contributed by atoms with E-state index in [1.54, 1.807) is 17.1 Å². The average molecular weight is 357 g/mol. The van der Waals surface area contributed by atoms with Crippen molar-refractivity contribution < 1.29 is 4.79 Å². The molecular formula is C21H19N5O. The summed E-state index contributed by atoms with van der Waals surface area (Å²) in [5.41, 5.74) is 3.37. The van der Waals surface area contributed by atoms with Crippen LogP contribution in [0.1, 0.15) is 21.6 Å². The maximum absolute atomic E-state index is 12.8. The topological polar surface area (TPSA) is 64.7 Å². The molecule has 0 fully saturated rings. The molecule has 6 nitrogen and oxygen atoms in total. The third-order valence-electron chi connectivity index (χ3n) is 4.27. The van der Waals surface area contributed by atoms with Crippen LogP contribution in [0, 0.1) is 6.92 Å². The molecule has 0 aliphatic carbocycles. The van der Waals surface area contributed by atoms with Crippen molar-refractivity contribution >= 4 is 5.91 Å². The number of amides is 1.